The number of para-hydroxylation sites is 1. The van der Waals surface area contributed by atoms with Gasteiger partial charge in [0.2, 0.25) is 5.91 Å². The van der Waals surface area contributed by atoms with E-state index in [2.05, 4.69) is 25.5 Å². The van der Waals surface area contributed by atoms with Gasteiger partial charge in [-0.15, -0.1) is 0 Å². The van der Waals surface area contributed by atoms with E-state index in [1.165, 1.54) is 22.8 Å². The molecule has 3 aromatic rings. The smallest absolute Gasteiger partial charge is 0.323 e. The zero-order valence-corrected chi connectivity index (χ0v) is 33.7. The van der Waals surface area contributed by atoms with E-state index < -0.39 is 11.5 Å². The van der Waals surface area contributed by atoms with Gasteiger partial charge in [-0.3, -0.25) is 28.8 Å². The van der Waals surface area contributed by atoms with Crippen molar-refractivity contribution in [2.45, 2.75) is 76.6 Å². The highest BCUT2D eigenvalue weighted by atomic mass is 16.6. The summed E-state index contributed by atoms with van der Waals surface area (Å²) in [6, 6.07) is 11.0. The molecule has 2 aromatic heterocycles. The molecule has 2 saturated carbocycles. The normalized spacial score (nSPS) is 18.4. The first-order chi connectivity index (χ1) is 27.3. The highest BCUT2D eigenvalue weighted by Gasteiger charge is 2.44. The molecule has 57 heavy (non-hydrogen) atoms. The zero-order chi connectivity index (χ0) is 41.2. The van der Waals surface area contributed by atoms with Crippen molar-refractivity contribution < 1.29 is 29.1 Å². The second-order valence-corrected chi connectivity index (χ2v) is 15.0. The highest BCUT2D eigenvalue weighted by molar-refractivity contribution is 6.13. The van der Waals surface area contributed by atoms with Crippen LogP contribution in [0.25, 0.3) is 11.1 Å². The number of likely N-dealkylation sites (tertiary alicyclic amines) is 1. The van der Waals surface area contributed by atoms with Crippen molar-refractivity contribution in [3.05, 3.63) is 83.0 Å². The van der Waals surface area contributed by atoms with Gasteiger partial charge in [-0.2, -0.15) is 5.10 Å². The van der Waals surface area contributed by atoms with Crippen LogP contribution in [0.15, 0.2) is 65.9 Å². The number of carbonyl (C=O) groups is 3. The van der Waals surface area contributed by atoms with E-state index in [0.29, 0.717) is 38.2 Å². The number of nitrogens with two attached hydrogens (primary N) is 2. The molecule has 2 aliphatic carbocycles. The molecule has 3 amide bonds. The molecule has 4 heterocycles. The van der Waals surface area contributed by atoms with Crippen LogP contribution >= 0.6 is 0 Å². The van der Waals surface area contributed by atoms with Crippen LogP contribution < -0.4 is 41.9 Å². The lowest BCUT2D eigenvalue weighted by Crippen LogP contribution is -2.61. The van der Waals surface area contributed by atoms with E-state index in [-0.39, 0.29) is 58.4 Å². The Hall–Kier alpha value is -5.55. The molecule has 1 unspecified atom stereocenters. The Bertz CT molecular complexity index is 2060. The summed E-state index contributed by atoms with van der Waals surface area (Å²) < 4.78 is 3.36. The summed E-state index contributed by atoms with van der Waals surface area (Å²) in [5.74, 6) is -0.801. The predicted octanol–water partition coefficient (Wildman–Crippen LogP) is 1.37. The van der Waals surface area contributed by atoms with Gasteiger partial charge in [-0.05, 0) is 50.7 Å². The molecule has 1 saturated heterocycles. The fourth-order valence-corrected chi connectivity index (χ4v) is 7.35. The van der Waals surface area contributed by atoms with Crippen LogP contribution in [0.4, 0.5) is 11.4 Å². The summed E-state index contributed by atoms with van der Waals surface area (Å²) in [5.41, 5.74) is 16.1. The lowest BCUT2D eigenvalue weighted by molar-refractivity contribution is -0.895. The Morgan fingerprint density at radius 2 is 1.72 bits per heavy atom. The van der Waals surface area contributed by atoms with Crippen molar-refractivity contribution in [3.63, 3.8) is 0 Å². The topological polar surface area (TPSA) is 200 Å². The van der Waals surface area contributed by atoms with Gasteiger partial charge in [0.1, 0.15) is 18.6 Å². The van der Waals surface area contributed by atoms with Crippen LogP contribution in [0.1, 0.15) is 80.3 Å². The Morgan fingerprint density at radius 1 is 1.04 bits per heavy atom. The summed E-state index contributed by atoms with van der Waals surface area (Å²) in [6.45, 7) is 5.48. The summed E-state index contributed by atoms with van der Waals surface area (Å²) in [4.78, 5) is 49.3. The highest BCUT2D eigenvalue weighted by Crippen LogP contribution is 2.44. The van der Waals surface area contributed by atoms with E-state index in [0.717, 1.165) is 48.2 Å². The van der Waals surface area contributed by atoms with Crippen LogP contribution in [0.3, 0.4) is 0 Å². The molecule has 0 bridgehead atoms. The van der Waals surface area contributed by atoms with E-state index in [1.807, 2.05) is 45.3 Å². The van der Waals surface area contributed by atoms with Gasteiger partial charge in [0.15, 0.2) is 13.5 Å². The van der Waals surface area contributed by atoms with Crippen LogP contribution in [0.2, 0.25) is 0 Å². The molecule has 1 aromatic carbocycles. The molecule has 0 spiro atoms. The van der Waals surface area contributed by atoms with Crippen LogP contribution in [-0.4, -0.2) is 97.6 Å². The number of benzene rings is 1. The van der Waals surface area contributed by atoms with Gasteiger partial charge in [-0.25, -0.2) is 0 Å². The van der Waals surface area contributed by atoms with E-state index in [1.54, 1.807) is 37.2 Å². The van der Waals surface area contributed by atoms with Gasteiger partial charge >= 0.3 is 11.6 Å². The van der Waals surface area contributed by atoms with E-state index in [9.17, 15) is 19.5 Å². The van der Waals surface area contributed by atoms with Gasteiger partial charge in [0, 0.05) is 80.3 Å². The number of anilines is 2. The number of amides is 3. The minimum atomic E-state index is -1.91. The third-order valence-corrected chi connectivity index (χ3v) is 10.6. The zero-order valence-electron chi connectivity index (χ0n) is 33.7. The van der Waals surface area contributed by atoms with Crippen LogP contribution in [-0.2, 0) is 21.8 Å². The molecular formula is C40H55BN11O5+. The number of carbonyl (C=O) groups excluding carboxylic acids is 3. The minimum Gasteiger partial charge on any atom is -0.393 e. The number of hydrogen-bond acceptors (Lipinski definition) is 11. The second-order valence-electron chi connectivity index (χ2n) is 15.0. The molecule has 16 nitrogen and oxygen atoms in total. The number of pyridine rings is 1. The molecule has 2 radical (unpaired) electrons. The van der Waals surface area contributed by atoms with Crippen molar-refractivity contribution in [1.82, 2.24) is 30.2 Å². The Kier molecular flexibility index (Phi) is 12.2. The number of piperidine rings is 1. The van der Waals surface area contributed by atoms with Crippen molar-refractivity contribution in [1.29, 1.82) is 0 Å². The number of rotatable bonds is 12. The van der Waals surface area contributed by atoms with Crippen molar-refractivity contribution >= 4 is 36.9 Å². The lowest BCUT2D eigenvalue weighted by Gasteiger charge is -2.40. The quantitative estimate of drug-likeness (QED) is 0.0672. The van der Waals surface area contributed by atoms with Gasteiger partial charge in [0.05, 0.1) is 41.5 Å². The number of nitrogens with zero attached hydrogens (tertiary/aromatic N) is 6. The predicted molar refractivity (Wildman–Crippen MR) is 217 cm³/mol. The Morgan fingerprint density at radius 3 is 2.35 bits per heavy atom. The average Bonchev–Trinajstić information content (AvgIpc) is 4.16. The average molecular weight is 781 g/mol. The number of allylic oxidation sites excluding steroid dienone is 1. The molecule has 17 heteroatoms. The maximum Gasteiger partial charge on any atom is 0.323 e. The second kappa shape index (κ2) is 16.9. The fraction of sp³-hybridized carbons (Fsp3) is 0.475. The number of hydrogen-bond donors (Lipinski definition) is 6. The number of aromatic nitrogens is 3. The monoisotopic (exact) mass is 780 g/mol. The Labute approximate surface area is 335 Å². The first-order valence-electron chi connectivity index (χ1n) is 19.6. The molecular weight excluding hydrogens is 725 g/mol. The molecule has 7 rings (SSSR count). The lowest BCUT2D eigenvalue weighted by atomic mass is 9.83. The Balaban J connectivity index is 0.00000270. The third kappa shape index (κ3) is 8.59. The van der Waals surface area contributed by atoms with E-state index in [4.69, 9.17) is 29.2 Å². The number of aliphatic hydroxyl groups is 1. The minimum absolute atomic E-state index is 0.0393. The summed E-state index contributed by atoms with van der Waals surface area (Å²) in [7, 11) is 13.3. The standard InChI is InChI=1S/C38H48BN11O5.C2H6/c1-46(2)37(53)29-9-6-10-31(50(29)55-4)38(39,54)48-17-15-24(16-18-48)49-30-21-47(3)34-25(26(30)20-42-49)7-5-8-27(34)44-28(33(41)36(52)43-23-13-14-23)19-32(40)45-35(51)22-11-12-22;1-2/h5-10,19-20,22-24,41,54H,11-18,21H2,1-4H3,(H5,40,43,44,45,51,52,53);1-2H3/p+1. The molecule has 8 N–H and O–H groups in total. The van der Waals surface area contributed by atoms with Crippen LogP contribution in [0.5, 0.6) is 0 Å². The molecule has 2 aliphatic heterocycles. The SMILES string of the molecule is CC.[B]C(O)(c1cccc(C(=O)N(C)C)[n+]1OC)N1CCC(n2ncc3c2CN(C)c2c(NC(/C=C(\N)NC(=O)C4CC4)=C(/N)C(=O)NC4CC4)cccc2-3)CC1. The van der Waals surface area contributed by atoms with Crippen molar-refractivity contribution in [2.24, 2.45) is 17.4 Å². The first kappa shape index (κ1) is 41.1. The summed E-state index contributed by atoms with van der Waals surface area (Å²) >= 11 is 0. The van der Waals surface area contributed by atoms with Crippen LogP contribution in [0, 0.1) is 5.92 Å². The van der Waals surface area contributed by atoms with Gasteiger partial charge in [-0.1, -0.05) is 26.0 Å². The summed E-state index contributed by atoms with van der Waals surface area (Å²) in [5, 5.41) is 25.6. The maximum atomic E-state index is 13.1. The van der Waals surface area contributed by atoms with Gasteiger partial charge in [0.25, 0.3) is 11.6 Å². The third-order valence-electron chi connectivity index (χ3n) is 10.6. The first-order valence-corrected chi connectivity index (χ1v) is 19.6. The largest absolute Gasteiger partial charge is 0.393 e. The fourth-order valence-electron chi connectivity index (χ4n) is 7.35. The van der Waals surface area contributed by atoms with E-state index >= 15 is 0 Å². The molecule has 302 valence electrons. The van der Waals surface area contributed by atoms with Gasteiger partial charge < -0.3 is 42.3 Å². The number of nitrogens with one attached hydrogen (secondary N) is 3. The van der Waals surface area contributed by atoms with Crippen molar-refractivity contribution in [3.8, 4) is 11.1 Å². The number of fused-ring (bicyclic) bond motifs is 3. The molecule has 3 fully saturated rings. The maximum absolute atomic E-state index is 13.1. The molecule has 4 aliphatic rings. The summed E-state index contributed by atoms with van der Waals surface area (Å²) in [6.07, 6.45) is 8.17. The molecule has 1 atom stereocenters. The van der Waals surface area contributed by atoms with Crippen molar-refractivity contribution in [2.75, 3.05) is 51.6 Å².